The maximum atomic E-state index is 3.12. The van der Waals surface area contributed by atoms with Crippen LogP contribution < -0.4 is 0 Å². The highest BCUT2D eigenvalue weighted by atomic mass is 31.0. The summed E-state index contributed by atoms with van der Waals surface area (Å²) in [7, 11) is 3.12. The maximum absolute atomic E-state index is 3.12. The fourth-order valence-corrected chi connectivity index (χ4v) is 4.84. The van der Waals surface area contributed by atoms with Gasteiger partial charge in [-0.2, -0.15) is 0 Å². The van der Waals surface area contributed by atoms with E-state index >= 15 is 0 Å². The Morgan fingerprint density at radius 3 is 1.71 bits per heavy atom. The van der Waals surface area contributed by atoms with Crippen LogP contribution in [0.5, 0.6) is 0 Å². The zero-order valence-electron chi connectivity index (χ0n) is 13.2. The molecular formula is C16H35P. The molecule has 1 heteroatoms. The summed E-state index contributed by atoms with van der Waals surface area (Å²) in [6.07, 6.45) is 5.32. The van der Waals surface area contributed by atoms with Crippen molar-refractivity contribution in [1.29, 1.82) is 0 Å². The van der Waals surface area contributed by atoms with Gasteiger partial charge in [-0.15, -0.1) is 9.24 Å². The lowest BCUT2D eigenvalue weighted by Gasteiger charge is -2.50. The number of hydrogen-bond acceptors (Lipinski definition) is 0. The largest absolute Gasteiger partial charge is 0.134 e. The van der Waals surface area contributed by atoms with E-state index in [1.54, 1.807) is 0 Å². The molecule has 0 aromatic carbocycles. The molecule has 0 heterocycles. The minimum absolute atomic E-state index is 0.511. The first-order valence-corrected chi connectivity index (χ1v) is 8.30. The third kappa shape index (κ3) is 3.69. The van der Waals surface area contributed by atoms with Crippen LogP contribution in [0.25, 0.3) is 0 Å². The van der Waals surface area contributed by atoms with Gasteiger partial charge in [-0.05, 0) is 35.2 Å². The van der Waals surface area contributed by atoms with Crippen molar-refractivity contribution in [3.8, 4) is 0 Å². The van der Waals surface area contributed by atoms with E-state index < -0.39 is 0 Å². The lowest BCUT2D eigenvalue weighted by molar-refractivity contribution is 0.0320. The molecule has 0 aromatic rings. The summed E-state index contributed by atoms with van der Waals surface area (Å²) >= 11 is 0. The van der Waals surface area contributed by atoms with E-state index in [0.717, 1.165) is 17.8 Å². The second kappa shape index (κ2) is 7.78. The third-order valence-electron chi connectivity index (χ3n) is 5.00. The van der Waals surface area contributed by atoms with Crippen LogP contribution in [0.4, 0.5) is 0 Å². The monoisotopic (exact) mass is 258 g/mol. The minimum atomic E-state index is 0.511. The van der Waals surface area contributed by atoms with Crippen LogP contribution in [-0.4, -0.2) is 5.66 Å². The molecule has 5 unspecified atom stereocenters. The Morgan fingerprint density at radius 1 is 0.941 bits per heavy atom. The maximum Gasteiger partial charge on any atom is -0.0181 e. The highest BCUT2D eigenvalue weighted by Gasteiger charge is 2.44. The van der Waals surface area contributed by atoms with Gasteiger partial charge in [-0.25, -0.2) is 0 Å². The van der Waals surface area contributed by atoms with Crippen LogP contribution in [0.15, 0.2) is 0 Å². The molecule has 0 N–H and O–H groups in total. The molecule has 0 amide bonds. The van der Waals surface area contributed by atoms with Crippen molar-refractivity contribution >= 4 is 9.24 Å². The van der Waals surface area contributed by atoms with E-state index in [0.29, 0.717) is 11.1 Å². The highest BCUT2D eigenvalue weighted by molar-refractivity contribution is 7.17. The first-order valence-electron chi connectivity index (χ1n) is 7.63. The Hall–Kier alpha value is 0.430. The molecule has 0 radical (unpaired) electrons. The van der Waals surface area contributed by atoms with Crippen molar-refractivity contribution in [3.05, 3.63) is 0 Å². The standard InChI is InChI=1S/C16H35P/c1-8-11-16(14(7)17,13(6)9-2)15(10-3)12(4)5/h12-15H,8-11,17H2,1-7H3. The Bertz CT molecular complexity index is 198. The molecule has 0 fully saturated rings. The van der Waals surface area contributed by atoms with Crippen LogP contribution >= 0.6 is 9.24 Å². The molecule has 0 spiro atoms. The fraction of sp³-hybridized carbons (Fsp3) is 1.00. The predicted octanol–water partition coefficient (Wildman–Crippen LogP) is 5.76. The molecule has 0 aliphatic carbocycles. The number of hydrogen-bond donors (Lipinski definition) is 0. The smallest absolute Gasteiger partial charge is 0.0181 e. The molecule has 0 aromatic heterocycles. The molecule has 0 bridgehead atoms. The van der Waals surface area contributed by atoms with Gasteiger partial charge < -0.3 is 0 Å². The van der Waals surface area contributed by atoms with Crippen molar-refractivity contribution in [2.24, 2.45) is 23.2 Å². The quantitative estimate of drug-likeness (QED) is 0.485. The van der Waals surface area contributed by atoms with E-state index in [9.17, 15) is 0 Å². The zero-order chi connectivity index (χ0) is 13.6. The summed E-state index contributed by atoms with van der Waals surface area (Å²) in [6, 6.07) is 0. The lowest BCUT2D eigenvalue weighted by atomic mass is 9.58. The van der Waals surface area contributed by atoms with Crippen LogP contribution in [0.2, 0.25) is 0 Å². The van der Waals surface area contributed by atoms with Crippen molar-refractivity contribution in [1.82, 2.24) is 0 Å². The van der Waals surface area contributed by atoms with Crippen LogP contribution in [0, 0.1) is 23.2 Å². The van der Waals surface area contributed by atoms with Gasteiger partial charge in [-0.1, -0.05) is 67.7 Å². The van der Waals surface area contributed by atoms with Gasteiger partial charge in [0.05, 0.1) is 0 Å². The Labute approximate surface area is 113 Å². The van der Waals surface area contributed by atoms with Gasteiger partial charge in [0.15, 0.2) is 0 Å². The topological polar surface area (TPSA) is 0 Å². The Kier molecular flexibility index (Phi) is 7.97. The lowest BCUT2D eigenvalue weighted by Crippen LogP contribution is -2.45. The van der Waals surface area contributed by atoms with Gasteiger partial charge >= 0.3 is 0 Å². The Balaban J connectivity index is 5.42. The first kappa shape index (κ1) is 17.4. The molecule has 104 valence electrons. The average Bonchev–Trinajstić information content (AvgIpc) is 2.26. The first-order chi connectivity index (χ1) is 7.88. The normalized spacial score (nSPS) is 21.0. The van der Waals surface area contributed by atoms with E-state index in [-0.39, 0.29) is 0 Å². The van der Waals surface area contributed by atoms with Gasteiger partial charge in [0.2, 0.25) is 0 Å². The molecule has 5 atom stereocenters. The van der Waals surface area contributed by atoms with Gasteiger partial charge in [0.25, 0.3) is 0 Å². The van der Waals surface area contributed by atoms with Gasteiger partial charge in [0.1, 0.15) is 0 Å². The second-order valence-electron chi connectivity index (χ2n) is 6.22. The predicted molar refractivity (Wildman–Crippen MR) is 84.6 cm³/mol. The fourth-order valence-electron chi connectivity index (χ4n) is 4.10. The van der Waals surface area contributed by atoms with Crippen molar-refractivity contribution in [2.45, 2.75) is 79.8 Å². The average molecular weight is 258 g/mol. The molecule has 0 rings (SSSR count). The minimum Gasteiger partial charge on any atom is -0.134 e. The molecule has 0 saturated heterocycles. The van der Waals surface area contributed by atoms with E-state index in [2.05, 4.69) is 57.7 Å². The number of rotatable bonds is 8. The van der Waals surface area contributed by atoms with E-state index in [1.807, 2.05) is 0 Å². The van der Waals surface area contributed by atoms with Crippen molar-refractivity contribution in [2.75, 3.05) is 0 Å². The van der Waals surface area contributed by atoms with Crippen LogP contribution in [-0.2, 0) is 0 Å². The summed E-state index contributed by atoms with van der Waals surface area (Å²) in [6.45, 7) is 16.8. The third-order valence-corrected chi connectivity index (χ3v) is 5.62. The Morgan fingerprint density at radius 2 is 1.47 bits per heavy atom. The second-order valence-corrected chi connectivity index (χ2v) is 7.22. The molecular weight excluding hydrogens is 223 g/mol. The molecule has 0 saturated carbocycles. The highest BCUT2D eigenvalue weighted by Crippen LogP contribution is 2.51. The van der Waals surface area contributed by atoms with Gasteiger partial charge in [-0.3, -0.25) is 0 Å². The summed E-state index contributed by atoms with van der Waals surface area (Å²) in [5.41, 5.74) is 1.22. The molecule has 17 heavy (non-hydrogen) atoms. The van der Waals surface area contributed by atoms with Gasteiger partial charge in [0, 0.05) is 0 Å². The molecule has 0 aliphatic rings. The molecule has 0 aliphatic heterocycles. The summed E-state index contributed by atoms with van der Waals surface area (Å²) in [5.74, 6) is 2.47. The van der Waals surface area contributed by atoms with Crippen molar-refractivity contribution < 1.29 is 0 Å². The summed E-state index contributed by atoms with van der Waals surface area (Å²) in [5, 5.41) is 0. The van der Waals surface area contributed by atoms with Crippen molar-refractivity contribution in [3.63, 3.8) is 0 Å². The van der Waals surface area contributed by atoms with E-state index in [4.69, 9.17) is 0 Å². The van der Waals surface area contributed by atoms with E-state index in [1.165, 1.54) is 25.7 Å². The summed E-state index contributed by atoms with van der Waals surface area (Å²) in [4.78, 5) is 0. The zero-order valence-corrected chi connectivity index (χ0v) is 14.4. The SMILES string of the molecule is CCCC(C(C)P)(C(C)CC)C(CC)C(C)C. The van der Waals surface area contributed by atoms with Crippen LogP contribution in [0.3, 0.4) is 0 Å². The summed E-state index contributed by atoms with van der Waals surface area (Å²) < 4.78 is 0. The molecule has 0 nitrogen and oxygen atoms in total. The van der Waals surface area contributed by atoms with Crippen LogP contribution in [0.1, 0.15) is 74.1 Å².